The van der Waals surface area contributed by atoms with Gasteiger partial charge in [-0.15, -0.1) is 0 Å². The molecule has 2 rings (SSSR count). The topological polar surface area (TPSA) is 58.6 Å². The van der Waals surface area contributed by atoms with Gasteiger partial charge in [-0.25, -0.2) is 4.79 Å². The molecule has 0 atom stereocenters. The Hall–Kier alpha value is -2.04. The Morgan fingerprint density at radius 1 is 1.21 bits per heavy atom. The van der Waals surface area contributed by atoms with Crippen LogP contribution in [0.5, 0.6) is 0 Å². The second-order valence-electron chi connectivity index (χ2n) is 6.37. The van der Waals surface area contributed by atoms with Crippen LogP contribution in [0.15, 0.2) is 24.3 Å². The van der Waals surface area contributed by atoms with Crippen LogP contribution >= 0.6 is 0 Å². The highest BCUT2D eigenvalue weighted by Gasteiger charge is 2.24. The summed E-state index contributed by atoms with van der Waals surface area (Å²) in [6.45, 7) is 5.57. The monoisotopic (exact) mass is 332 g/mol. The van der Waals surface area contributed by atoms with E-state index in [9.17, 15) is 9.59 Å². The maximum Gasteiger partial charge on any atom is 0.409 e. The molecule has 1 aliphatic rings. The predicted molar refractivity (Wildman–Crippen MR) is 93.9 cm³/mol. The Balaban J connectivity index is 1.63. The zero-order chi connectivity index (χ0) is 17.4. The highest BCUT2D eigenvalue weighted by atomic mass is 16.6. The van der Waals surface area contributed by atoms with Gasteiger partial charge in [-0.2, -0.15) is 0 Å². The maximum atomic E-state index is 12.1. The van der Waals surface area contributed by atoms with E-state index >= 15 is 0 Å². The number of likely N-dealkylation sites (tertiary alicyclic amines) is 1. The summed E-state index contributed by atoms with van der Waals surface area (Å²) < 4.78 is 5.00. The van der Waals surface area contributed by atoms with Crippen molar-refractivity contribution < 1.29 is 14.3 Å². The number of piperidine rings is 1. The van der Waals surface area contributed by atoms with Crippen molar-refractivity contribution in [1.29, 1.82) is 0 Å². The summed E-state index contributed by atoms with van der Waals surface area (Å²) in [5.74, 6) is 0.108. The van der Waals surface area contributed by atoms with Gasteiger partial charge in [-0.1, -0.05) is 29.8 Å². The molecule has 0 bridgehead atoms. The Labute approximate surface area is 144 Å². The number of rotatable bonds is 6. The van der Waals surface area contributed by atoms with Gasteiger partial charge in [0.2, 0.25) is 5.91 Å². The molecule has 1 heterocycles. The molecule has 1 aliphatic heterocycles. The predicted octanol–water partition coefficient (Wildman–Crippen LogP) is 3.05. The maximum absolute atomic E-state index is 12.1. The van der Waals surface area contributed by atoms with Crippen molar-refractivity contribution in [3.05, 3.63) is 35.4 Å². The molecule has 0 saturated carbocycles. The number of amides is 2. The van der Waals surface area contributed by atoms with E-state index in [-0.39, 0.29) is 18.0 Å². The highest BCUT2D eigenvalue weighted by molar-refractivity contribution is 5.76. The Morgan fingerprint density at radius 3 is 2.50 bits per heavy atom. The van der Waals surface area contributed by atoms with Crippen LogP contribution in [0.3, 0.4) is 0 Å². The molecule has 5 nitrogen and oxygen atoms in total. The van der Waals surface area contributed by atoms with E-state index in [0.717, 1.165) is 25.7 Å². The third-order valence-corrected chi connectivity index (χ3v) is 4.38. The second kappa shape index (κ2) is 9.30. The summed E-state index contributed by atoms with van der Waals surface area (Å²) in [4.78, 5) is 25.4. The lowest BCUT2D eigenvalue weighted by molar-refractivity contribution is -0.122. The van der Waals surface area contributed by atoms with Crippen molar-refractivity contribution in [3.8, 4) is 0 Å². The molecular weight excluding hydrogens is 304 g/mol. The van der Waals surface area contributed by atoms with Gasteiger partial charge in [0.1, 0.15) is 0 Å². The molecule has 24 heavy (non-hydrogen) atoms. The summed E-state index contributed by atoms with van der Waals surface area (Å²) in [5.41, 5.74) is 2.53. The standard InChI is InChI=1S/C19H28N2O3/c1-3-24-19(23)21-13-11-17(12-14-21)20-18(22)6-4-5-16-9-7-15(2)8-10-16/h7-10,17H,3-6,11-14H2,1-2H3,(H,20,22). The van der Waals surface area contributed by atoms with Crippen LogP contribution in [0, 0.1) is 6.92 Å². The summed E-state index contributed by atoms with van der Waals surface area (Å²) in [6, 6.07) is 8.62. The van der Waals surface area contributed by atoms with E-state index in [0.29, 0.717) is 26.1 Å². The van der Waals surface area contributed by atoms with Crippen molar-refractivity contribution in [1.82, 2.24) is 10.2 Å². The molecule has 5 heteroatoms. The van der Waals surface area contributed by atoms with Crippen molar-refractivity contribution in [2.75, 3.05) is 19.7 Å². The number of aryl methyl sites for hydroxylation is 2. The number of carbonyl (C=O) groups is 2. The van der Waals surface area contributed by atoms with Crippen LogP contribution in [0.1, 0.15) is 43.7 Å². The molecule has 132 valence electrons. The fourth-order valence-electron chi connectivity index (χ4n) is 2.93. The molecule has 1 saturated heterocycles. The highest BCUT2D eigenvalue weighted by Crippen LogP contribution is 2.12. The van der Waals surface area contributed by atoms with E-state index < -0.39 is 0 Å². The number of ether oxygens (including phenoxy) is 1. The van der Waals surface area contributed by atoms with E-state index in [1.54, 1.807) is 4.90 Å². The first-order valence-electron chi connectivity index (χ1n) is 8.85. The normalized spacial score (nSPS) is 15.2. The smallest absolute Gasteiger partial charge is 0.409 e. The van der Waals surface area contributed by atoms with Crippen LogP contribution < -0.4 is 5.32 Å². The van der Waals surface area contributed by atoms with Gasteiger partial charge in [0.25, 0.3) is 0 Å². The lowest BCUT2D eigenvalue weighted by Gasteiger charge is -2.31. The molecule has 0 unspecified atom stereocenters. The number of carbonyl (C=O) groups excluding carboxylic acids is 2. The Bertz CT molecular complexity index is 534. The minimum absolute atomic E-state index is 0.108. The molecule has 0 radical (unpaired) electrons. The van der Waals surface area contributed by atoms with Crippen LogP contribution in [0.4, 0.5) is 4.79 Å². The number of nitrogens with one attached hydrogen (secondary N) is 1. The van der Waals surface area contributed by atoms with Gasteiger partial charge in [-0.05, 0) is 45.1 Å². The minimum atomic E-state index is -0.250. The molecular formula is C19H28N2O3. The van der Waals surface area contributed by atoms with Gasteiger partial charge in [0, 0.05) is 25.6 Å². The van der Waals surface area contributed by atoms with Crippen LogP contribution in [0.2, 0.25) is 0 Å². The van der Waals surface area contributed by atoms with Gasteiger partial charge in [0.05, 0.1) is 6.61 Å². The first kappa shape index (κ1) is 18.3. The fraction of sp³-hybridized carbons (Fsp3) is 0.579. The fourth-order valence-corrected chi connectivity index (χ4v) is 2.93. The zero-order valence-corrected chi connectivity index (χ0v) is 14.7. The summed E-state index contributed by atoms with van der Waals surface area (Å²) in [7, 11) is 0. The average molecular weight is 332 g/mol. The SMILES string of the molecule is CCOC(=O)N1CCC(NC(=O)CCCc2ccc(C)cc2)CC1. The van der Waals surface area contributed by atoms with Gasteiger partial charge < -0.3 is 15.0 Å². The molecule has 1 N–H and O–H groups in total. The number of hydrogen-bond acceptors (Lipinski definition) is 3. The molecule has 1 fully saturated rings. The lowest BCUT2D eigenvalue weighted by Crippen LogP contribution is -2.46. The minimum Gasteiger partial charge on any atom is -0.450 e. The molecule has 2 amide bonds. The van der Waals surface area contributed by atoms with E-state index in [1.807, 2.05) is 6.92 Å². The number of nitrogens with zero attached hydrogens (tertiary/aromatic N) is 1. The van der Waals surface area contributed by atoms with Crippen molar-refractivity contribution >= 4 is 12.0 Å². The van der Waals surface area contributed by atoms with Crippen molar-refractivity contribution in [3.63, 3.8) is 0 Å². The summed E-state index contributed by atoms with van der Waals surface area (Å²) >= 11 is 0. The molecule has 1 aromatic carbocycles. The first-order valence-corrected chi connectivity index (χ1v) is 8.85. The third-order valence-electron chi connectivity index (χ3n) is 4.38. The Kier molecular flexibility index (Phi) is 7.09. The number of hydrogen-bond donors (Lipinski definition) is 1. The third kappa shape index (κ3) is 5.87. The summed E-state index contributed by atoms with van der Waals surface area (Å²) in [6.07, 6.45) is 3.67. The second-order valence-corrected chi connectivity index (χ2v) is 6.37. The summed E-state index contributed by atoms with van der Waals surface area (Å²) in [5, 5.41) is 3.09. The lowest BCUT2D eigenvalue weighted by atomic mass is 10.0. The average Bonchev–Trinajstić information content (AvgIpc) is 2.57. The molecule has 1 aromatic rings. The molecule has 0 aromatic heterocycles. The van der Waals surface area contributed by atoms with Crippen LogP contribution in [-0.2, 0) is 16.0 Å². The van der Waals surface area contributed by atoms with Crippen molar-refractivity contribution in [2.24, 2.45) is 0 Å². The van der Waals surface area contributed by atoms with E-state index in [1.165, 1.54) is 11.1 Å². The Morgan fingerprint density at radius 2 is 1.88 bits per heavy atom. The van der Waals surface area contributed by atoms with Gasteiger partial charge in [-0.3, -0.25) is 4.79 Å². The zero-order valence-electron chi connectivity index (χ0n) is 14.7. The first-order chi connectivity index (χ1) is 11.6. The molecule has 0 spiro atoms. The van der Waals surface area contributed by atoms with Crippen LogP contribution in [-0.4, -0.2) is 42.6 Å². The van der Waals surface area contributed by atoms with Crippen molar-refractivity contribution in [2.45, 2.75) is 52.0 Å². The van der Waals surface area contributed by atoms with Gasteiger partial charge >= 0.3 is 6.09 Å². The largest absolute Gasteiger partial charge is 0.450 e. The van der Waals surface area contributed by atoms with E-state index in [4.69, 9.17) is 4.74 Å². The van der Waals surface area contributed by atoms with E-state index in [2.05, 4.69) is 36.5 Å². The number of benzene rings is 1. The van der Waals surface area contributed by atoms with Gasteiger partial charge in [0.15, 0.2) is 0 Å². The molecule has 0 aliphatic carbocycles. The quantitative estimate of drug-likeness (QED) is 0.871. The van der Waals surface area contributed by atoms with Crippen LogP contribution in [0.25, 0.3) is 0 Å².